The van der Waals surface area contributed by atoms with Gasteiger partial charge < -0.3 is 4.90 Å². The molecule has 0 saturated carbocycles. The van der Waals surface area contributed by atoms with Gasteiger partial charge in [-0.25, -0.2) is 0 Å². The summed E-state index contributed by atoms with van der Waals surface area (Å²) in [6, 6.07) is 0.636. The first kappa shape index (κ1) is 10.4. The van der Waals surface area contributed by atoms with Crippen LogP contribution in [0.2, 0.25) is 0 Å². The molecule has 1 heterocycles. The fraction of sp³-hybridized carbons (Fsp3) is 0.667. The number of allylic oxidation sites excluding steroid dienone is 3. The van der Waals surface area contributed by atoms with Gasteiger partial charge in [0.05, 0.1) is 0 Å². The Morgan fingerprint density at radius 2 is 2.15 bits per heavy atom. The van der Waals surface area contributed by atoms with E-state index in [9.17, 15) is 0 Å². The highest BCUT2D eigenvalue weighted by molar-refractivity contribution is 5.19. The Kier molecular flexibility index (Phi) is 4.07. The highest BCUT2D eigenvalue weighted by atomic mass is 15.2. The van der Waals surface area contributed by atoms with E-state index in [2.05, 4.69) is 43.9 Å². The lowest BCUT2D eigenvalue weighted by Gasteiger charge is -2.34. The van der Waals surface area contributed by atoms with Crippen LogP contribution in [0.1, 0.15) is 40.0 Å². The molecular weight excluding hydrogens is 158 g/mol. The Hall–Kier alpha value is -0.720. The van der Waals surface area contributed by atoms with E-state index in [1.807, 2.05) is 0 Å². The molecule has 0 aromatic heterocycles. The van der Waals surface area contributed by atoms with E-state index in [4.69, 9.17) is 0 Å². The maximum Gasteiger partial charge on any atom is 0.0470 e. The molecule has 0 N–H and O–H groups in total. The molecule has 1 rings (SSSR count). The van der Waals surface area contributed by atoms with Crippen molar-refractivity contribution in [2.45, 2.75) is 46.1 Å². The average Bonchev–Trinajstić information content (AvgIpc) is 2.15. The molecule has 1 aliphatic rings. The summed E-state index contributed by atoms with van der Waals surface area (Å²) in [4.78, 5) is 2.52. The van der Waals surface area contributed by atoms with Gasteiger partial charge in [-0.1, -0.05) is 32.4 Å². The molecule has 0 aromatic rings. The van der Waals surface area contributed by atoms with Gasteiger partial charge in [-0.2, -0.15) is 0 Å². The molecule has 74 valence electrons. The summed E-state index contributed by atoms with van der Waals surface area (Å²) in [5.74, 6) is 0. The average molecular weight is 179 g/mol. The van der Waals surface area contributed by atoms with Crippen molar-refractivity contribution in [3.05, 3.63) is 23.9 Å². The van der Waals surface area contributed by atoms with E-state index in [0.717, 1.165) is 0 Å². The van der Waals surface area contributed by atoms with Crippen molar-refractivity contribution in [1.29, 1.82) is 0 Å². The molecule has 0 spiro atoms. The van der Waals surface area contributed by atoms with Gasteiger partial charge in [0.25, 0.3) is 0 Å². The van der Waals surface area contributed by atoms with E-state index in [1.54, 1.807) is 0 Å². The molecule has 0 saturated heterocycles. The lowest BCUT2D eigenvalue weighted by Crippen LogP contribution is -2.34. The number of hydrogen-bond donors (Lipinski definition) is 0. The maximum absolute atomic E-state index is 2.52. The van der Waals surface area contributed by atoms with E-state index in [-0.39, 0.29) is 0 Å². The minimum absolute atomic E-state index is 0.636. The van der Waals surface area contributed by atoms with Crippen LogP contribution >= 0.6 is 0 Å². The molecule has 0 amide bonds. The highest BCUT2D eigenvalue weighted by Gasteiger charge is 2.15. The van der Waals surface area contributed by atoms with Gasteiger partial charge in [-0.3, -0.25) is 0 Å². The molecule has 13 heavy (non-hydrogen) atoms. The van der Waals surface area contributed by atoms with Gasteiger partial charge >= 0.3 is 0 Å². The van der Waals surface area contributed by atoms with Crippen LogP contribution in [0.4, 0.5) is 0 Å². The summed E-state index contributed by atoms with van der Waals surface area (Å²) in [6.45, 7) is 7.93. The van der Waals surface area contributed by atoms with E-state index in [1.165, 1.54) is 31.5 Å². The van der Waals surface area contributed by atoms with Crippen molar-refractivity contribution in [2.24, 2.45) is 0 Å². The third kappa shape index (κ3) is 2.61. The predicted octanol–water partition coefficient (Wildman–Crippen LogP) is 3.34. The summed E-state index contributed by atoms with van der Waals surface area (Å²) >= 11 is 0. The molecule has 0 aromatic carbocycles. The molecular formula is C12H21N. The van der Waals surface area contributed by atoms with E-state index < -0.39 is 0 Å². The second-order valence-electron chi connectivity index (χ2n) is 3.72. The minimum Gasteiger partial charge on any atom is -0.369 e. The molecule has 0 bridgehead atoms. The van der Waals surface area contributed by atoms with Crippen molar-refractivity contribution in [1.82, 2.24) is 4.90 Å². The van der Waals surface area contributed by atoms with Crippen LogP contribution in [-0.4, -0.2) is 17.5 Å². The lowest BCUT2D eigenvalue weighted by molar-refractivity contribution is 0.278. The fourth-order valence-electron chi connectivity index (χ4n) is 1.81. The first-order chi connectivity index (χ1) is 6.29. The van der Waals surface area contributed by atoms with Gasteiger partial charge in [0.15, 0.2) is 0 Å². The maximum atomic E-state index is 2.52. The summed E-state index contributed by atoms with van der Waals surface area (Å²) in [5.41, 5.74) is 1.42. The van der Waals surface area contributed by atoms with Crippen molar-refractivity contribution in [3.63, 3.8) is 0 Å². The van der Waals surface area contributed by atoms with Gasteiger partial charge in [0.2, 0.25) is 0 Å². The van der Waals surface area contributed by atoms with Crippen LogP contribution in [0.25, 0.3) is 0 Å². The molecule has 0 radical (unpaired) electrons. The summed E-state index contributed by atoms with van der Waals surface area (Å²) in [5, 5.41) is 0. The molecule has 1 atom stereocenters. The van der Waals surface area contributed by atoms with Gasteiger partial charge in [-0.05, 0) is 25.8 Å². The van der Waals surface area contributed by atoms with Crippen LogP contribution in [0, 0.1) is 0 Å². The van der Waals surface area contributed by atoms with E-state index in [0.29, 0.717) is 6.04 Å². The molecule has 1 nitrogen and oxygen atoms in total. The van der Waals surface area contributed by atoms with Gasteiger partial charge in [0, 0.05) is 18.3 Å². The van der Waals surface area contributed by atoms with Crippen LogP contribution in [0.15, 0.2) is 23.9 Å². The Balaban J connectivity index is 2.56. The standard InChI is InChI=1S/C12H21N/c1-4-6-10-13-11(3)8-7-9-12(13)5-2/h7-9,12H,4-6,10H2,1-3H3. The third-order valence-electron chi connectivity index (χ3n) is 2.69. The molecule has 0 fully saturated rings. The minimum atomic E-state index is 0.636. The van der Waals surface area contributed by atoms with Crippen LogP contribution < -0.4 is 0 Å². The Bertz CT molecular complexity index is 203. The monoisotopic (exact) mass is 179 g/mol. The van der Waals surface area contributed by atoms with Crippen LogP contribution in [0.5, 0.6) is 0 Å². The number of rotatable bonds is 4. The lowest BCUT2D eigenvalue weighted by atomic mass is 10.1. The Morgan fingerprint density at radius 3 is 2.77 bits per heavy atom. The zero-order chi connectivity index (χ0) is 9.68. The van der Waals surface area contributed by atoms with Crippen LogP contribution in [0.3, 0.4) is 0 Å². The largest absolute Gasteiger partial charge is 0.369 e. The second kappa shape index (κ2) is 5.11. The number of nitrogens with zero attached hydrogens (tertiary/aromatic N) is 1. The predicted molar refractivity (Wildman–Crippen MR) is 58.6 cm³/mol. The quantitative estimate of drug-likeness (QED) is 0.639. The first-order valence-corrected chi connectivity index (χ1v) is 5.41. The van der Waals surface area contributed by atoms with Crippen LogP contribution in [-0.2, 0) is 0 Å². The topological polar surface area (TPSA) is 3.24 Å². The number of unbranched alkanes of at least 4 members (excludes halogenated alkanes) is 1. The normalized spacial score (nSPS) is 21.9. The first-order valence-electron chi connectivity index (χ1n) is 5.41. The highest BCUT2D eigenvalue weighted by Crippen LogP contribution is 2.18. The second-order valence-corrected chi connectivity index (χ2v) is 3.72. The molecule has 0 aliphatic carbocycles. The molecule has 1 unspecified atom stereocenters. The van der Waals surface area contributed by atoms with Gasteiger partial charge in [-0.15, -0.1) is 0 Å². The van der Waals surface area contributed by atoms with Crippen molar-refractivity contribution < 1.29 is 0 Å². The van der Waals surface area contributed by atoms with Crippen molar-refractivity contribution in [3.8, 4) is 0 Å². The third-order valence-corrected chi connectivity index (χ3v) is 2.69. The summed E-state index contributed by atoms with van der Waals surface area (Å²) in [6.07, 6.45) is 10.5. The molecule has 1 aliphatic heterocycles. The van der Waals surface area contributed by atoms with E-state index >= 15 is 0 Å². The summed E-state index contributed by atoms with van der Waals surface area (Å²) in [7, 11) is 0. The number of hydrogen-bond acceptors (Lipinski definition) is 1. The van der Waals surface area contributed by atoms with Gasteiger partial charge in [0.1, 0.15) is 0 Å². The van der Waals surface area contributed by atoms with Crippen molar-refractivity contribution in [2.75, 3.05) is 6.54 Å². The summed E-state index contributed by atoms with van der Waals surface area (Å²) < 4.78 is 0. The zero-order valence-electron chi connectivity index (χ0n) is 9.09. The zero-order valence-corrected chi connectivity index (χ0v) is 9.09. The smallest absolute Gasteiger partial charge is 0.0470 e. The van der Waals surface area contributed by atoms with Crippen molar-refractivity contribution >= 4 is 0 Å². The molecule has 1 heteroatoms. The Morgan fingerprint density at radius 1 is 1.38 bits per heavy atom. The fourth-order valence-corrected chi connectivity index (χ4v) is 1.81. The Labute approximate surface area is 82.1 Å². The SMILES string of the molecule is CCCCN1C(C)=CC=CC1CC.